The van der Waals surface area contributed by atoms with Gasteiger partial charge >= 0.3 is 5.97 Å². The number of hydrogen-bond acceptors (Lipinski definition) is 6. The summed E-state index contributed by atoms with van der Waals surface area (Å²) in [6.45, 7) is 0.862. The zero-order valence-corrected chi connectivity index (χ0v) is 13.7. The molecule has 130 valence electrons. The predicted octanol–water partition coefficient (Wildman–Crippen LogP) is 1.83. The Labute approximate surface area is 144 Å². The lowest BCUT2D eigenvalue weighted by molar-refractivity contribution is -0.125. The SMILES string of the molecule is COCCOc1ccc(NC(=O)[C@@H]2Cc3ccccc3C(=O)O2)cn1. The van der Waals surface area contributed by atoms with Crippen LogP contribution < -0.4 is 10.1 Å². The van der Waals surface area contributed by atoms with Gasteiger partial charge in [-0.15, -0.1) is 0 Å². The fourth-order valence-corrected chi connectivity index (χ4v) is 2.47. The summed E-state index contributed by atoms with van der Waals surface area (Å²) in [5, 5.41) is 2.70. The molecule has 1 aliphatic rings. The number of carbonyl (C=O) groups is 2. The Balaban J connectivity index is 1.60. The highest BCUT2D eigenvalue weighted by Gasteiger charge is 2.31. The molecule has 0 radical (unpaired) electrons. The van der Waals surface area contributed by atoms with Crippen LogP contribution >= 0.6 is 0 Å². The molecule has 3 rings (SSSR count). The summed E-state index contributed by atoms with van der Waals surface area (Å²) in [6, 6.07) is 10.4. The topological polar surface area (TPSA) is 86.8 Å². The monoisotopic (exact) mass is 342 g/mol. The van der Waals surface area contributed by atoms with Crippen LogP contribution in [0.1, 0.15) is 15.9 Å². The average Bonchev–Trinajstić information content (AvgIpc) is 2.63. The fraction of sp³-hybridized carbons (Fsp3) is 0.278. The van der Waals surface area contributed by atoms with Crippen molar-refractivity contribution in [3.8, 4) is 5.88 Å². The van der Waals surface area contributed by atoms with E-state index < -0.39 is 18.0 Å². The van der Waals surface area contributed by atoms with Crippen LogP contribution in [0.5, 0.6) is 5.88 Å². The first-order chi connectivity index (χ1) is 12.2. The van der Waals surface area contributed by atoms with Crippen LogP contribution in [-0.4, -0.2) is 43.3 Å². The second-order valence-corrected chi connectivity index (χ2v) is 5.47. The predicted molar refractivity (Wildman–Crippen MR) is 89.6 cm³/mol. The van der Waals surface area contributed by atoms with Crippen molar-refractivity contribution < 1.29 is 23.8 Å². The number of ether oxygens (including phenoxy) is 3. The summed E-state index contributed by atoms with van der Waals surface area (Å²) in [5.41, 5.74) is 1.81. The number of fused-ring (bicyclic) bond motifs is 1. The second kappa shape index (κ2) is 7.76. The van der Waals surface area contributed by atoms with E-state index in [9.17, 15) is 9.59 Å². The molecule has 0 aliphatic carbocycles. The molecule has 1 aromatic heterocycles. The molecule has 2 heterocycles. The number of benzene rings is 1. The molecular formula is C18H18N2O5. The minimum atomic E-state index is -0.861. The largest absolute Gasteiger partial charge is 0.475 e. The number of carbonyl (C=O) groups excluding carboxylic acids is 2. The number of anilines is 1. The van der Waals surface area contributed by atoms with Crippen LogP contribution in [0, 0.1) is 0 Å². The van der Waals surface area contributed by atoms with Gasteiger partial charge in [0.15, 0.2) is 6.10 Å². The highest BCUT2D eigenvalue weighted by molar-refractivity contribution is 5.99. The van der Waals surface area contributed by atoms with Gasteiger partial charge in [-0.05, 0) is 17.7 Å². The highest BCUT2D eigenvalue weighted by Crippen LogP contribution is 2.21. The van der Waals surface area contributed by atoms with Gasteiger partial charge in [-0.2, -0.15) is 0 Å². The van der Waals surface area contributed by atoms with Crippen LogP contribution in [0.2, 0.25) is 0 Å². The Morgan fingerprint density at radius 1 is 1.28 bits per heavy atom. The molecule has 0 unspecified atom stereocenters. The third-order valence-corrected chi connectivity index (χ3v) is 3.73. The van der Waals surface area contributed by atoms with E-state index in [1.165, 1.54) is 6.20 Å². The van der Waals surface area contributed by atoms with Crippen LogP contribution in [-0.2, 0) is 20.7 Å². The Kier molecular flexibility index (Phi) is 5.25. The molecule has 0 saturated heterocycles. The third kappa shape index (κ3) is 4.13. The standard InChI is InChI=1S/C18H18N2O5/c1-23-8-9-24-16-7-6-13(11-19-16)20-17(21)15-10-12-4-2-3-5-14(12)18(22)25-15/h2-7,11,15H,8-10H2,1H3,(H,20,21)/t15-/m0/s1. The first kappa shape index (κ1) is 16.9. The van der Waals surface area contributed by atoms with Crippen molar-refractivity contribution in [2.24, 2.45) is 0 Å². The van der Waals surface area contributed by atoms with Crippen molar-refractivity contribution in [1.82, 2.24) is 4.98 Å². The number of methoxy groups -OCH3 is 1. The second-order valence-electron chi connectivity index (χ2n) is 5.47. The van der Waals surface area contributed by atoms with E-state index in [2.05, 4.69) is 10.3 Å². The normalized spacial score (nSPS) is 15.9. The molecule has 0 spiro atoms. The molecule has 0 fully saturated rings. The first-order valence-corrected chi connectivity index (χ1v) is 7.85. The van der Waals surface area contributed by atoms with Gasteiger partial charge < -0.3 is 19.5 Å². The Hall–Kier alpha value is -2.93. The lowest BCUT2D eigenvalue weighted by Crippen LogP contribution is -2.37. The van der Waals surface area contributed by atoms with Crippen molar-refractivity contribution in [1.29, 1.82) is 0 Å². The van der Waals surface area contributed by atoms with Crippen LogP contribution in [0.3, 0.4) is 0 Å². The number of pyridine rings is 1. The lowest BCUT2D eigenvalue weighted by Gasteiger charge is -2.23. The first-order valence-electron chi connectivity index (χ1n) is 7.85. The molecule has 1 N–H and O–H groups in total. The number of esters is 1. The van der Waals surface area contributed by atoms with Crippen LogP contribution in [0.15, 0.2) is 42.6 Å². The molecule has 0 bridgehead atoms. The number of nitrogens with zero attached hydrogens (tertiary/aromatic N) is 1. The van der Waals surface area contributed by atoms with Gasteiger partial charge in [0.2, 0.25) is 5.88 Å². The Morgan fingerprint density at radius 2 is 2.12 bits per heavy atom. The van der Waals surface area contributed by atoms with E-state index in [0.717, 1.165) is 5.56 Å². The molecule has 0 saturated carbocycles. The van der Waals surface area contributed by atoms with E-state index in [1.54, 1.807) is 31.4 Å². The summed E-state index contributed by atoms with van der Waals surface area (Å²) in [5.74, 6) is -0.437. The zero-order chi connectivity index (χ0) is 17.6. The summed E-state index contributed by atoms with van der Waals surface area (Å²) in [7, 11) is 1.59. The summed E-state index contributed by atoms with van der Waals surface area (Å²) >= 11 is 0. The maximum Gasteiger partial charge on any atom is 0.339 e. The van der Waals surface area contributed by atoms with Gasteiger partial charge in [0.1, 0.15) is 6.61 Å². The van der Waals surface area contributed by atoms with Crippen molar-refractivity contribution in [3.05, 3.63) is 53.7 Å². The minimum Gasteiger partial charge on any atom is -0.475 e. The summed E-state index contributed by atoms with van der Waals surface area (Å²) in [4.78, 5) is 28.4. The number of rotatable bonds is 6. The highest BCUT2D eigenvalue weighted by atomic mass is 16.5. The van der Waals surface area contributed by atoms with Crippen LogP contribution in [0.25, 0.3) is 0 Å². The fourth-order valence-electron chi connectivity index (χ4n) is 2.47. The summed E-state index contributed by atoms with van der Waals surface area (Å²) < 4.78 is 15.5. The molecule has 25 heavy (non-hydrogen) atoms. The van der Waals surface area contributed by atoms with E-state index in [1.807, 2.05) is 12.1 Å². The van der Waals surface area contributed by atoms with Crippen molar-refractivity contribution >= 4 is 17.6 Å². The van der Waals surface area contributed by atoms with Gasteiger partial charge in [0.25, 0.3) is 5.91 Å². The van der Waals surface area contributed by atoms with E-state index in [0.29, 0.717) is 36.8 Å². The molecule has 1 atom stereocenters. The Morgan fingerprint density at radius 3 is 2.88 bits per heavy atom. The smallest absolute Gasteiger partial charge is 0.339 e. The third-order valence-electron chi connectivity index (χ3n) is 3.73. The van der Waals surface area contributed by atoms with Crippen molar-refractivity contribution in [2.75, 3.05) is 25.6 Å². The van der Waals surface area contributed by atoms with Gasteiger partial charge in [0.05, 0.1) is 24.1 Å². The zero-order valence-electron chi connectivity index (χ0n) is 13.7. The quantitative estimate of drug-likeness (QED) is 0.637. The molecule has 1 amide bonds. The molecule has 1 aliphatic heterocycles. The Bertz CT molecular complexity index is 760. The van der Waals surface area contributed by atoms with E-state index in [4.69, 9.17) is 14.2 Å². The van der Waals surface area contributed by atoms with E-state index >= 15 is 0 Å². The molecular weight excluding hydrogens is 324 g/mol. The molecule has 7 heteroatoms. The van der Waals surface area contributed by atoms with Gasteiger partial charge in [0, 0.05) is 19.6 Å². The molecule has 7 nitrogen and oxygen atoms in total. The van der Waals surface area contributed by atoms with Crippen molar-refractivity contribution in [2.45, 2.75) is 12.5 Å². The van der Waals surface area contributed by atoms with Gasteiger partial charge in [-0.25, -0.2) is 9.78 Å². The van der Waals surface area contributed by atoms with Gasteiger partial charge in [-0.3, -0.25) is 4.79 Å². The number of hydrogen-bond donors (Lipinski definition) is 1. The summed E-state index contributed by atoms with van der Waals surface area (Å²) in [6.07, 6.45) is 0.970. The number of aromatic nitrogens is 1. The molecule has 1 aromatic carbocycles. The average molecular weight is 342 g/mol. The van der Waals surface area contributed by atoms with Crippen molar-refractivity contribution in [3.63, 3.8) is 0 Å². The maximum absolute atomic E-state index is 12.4. The number of cyclic esters (lactones) is 1. The minimum absolute atomic E-state index is 0.347. The van der Waals surface area contributed by atoms with E-state index in [-0.39, 0.29) is 0 Å². The van der Waals surface area contributed by atoms with Gasteiger partial charge in [-0.1, -0.05) is 18.2 Å². The lowest BCUT2D eigenvalue weighted by atomic mass is 9.98. The molecule has 2 aromatic rings. The number of amides is 1. The number of nitrogens with one attached hydrogen (secondary N) is 1. The van der Waals surface area contributed by atoms with Crippen LogP contribution in [0.4, 0.5) is 5.69 Å². The maximum atomic E-state index is 12.4.